The monoisotopic (exact) mass is 493 g/mol. The quantitative estimate of drug-likeness (QED) is 0.291. The Morgan fingerprint density at radius 3 is 2.53 bits per heavy atom. The second-order valence-corrected chi connectivity index (χ2v) is 9.57. The zero-order valence-electron chi connectivity index (χ0n) is 20.5. The third-order valence-corrected chi connectivity index (χ3v) is 7.53. The van der Waals surface area contributed by atoms with Gasteiger partial charge in [0.1, 0.15) is 0 Å². The standard InChI is InChI=1S/C29H32FNO5/c1-3-18-15-21-27(29(36)31(2)28(21)35)22(16-32)26(18)25(34)12-10-20(19-7-5-4-6-8-19)13-17-9-11-24(33)23(30)14-17/h4-9,11,13-14,21-22,25,27,32-34H,3,10,12,15-16H2,1-2H3/b20-13-/t21-,22+,25-,27-/m1/s1. The summed E-state index contributed by atoms with van der Waals surface area (Å²) in [5.74, 6) is -3.41. The summed E-state index contributed by atoms with van der Waals surface area (Å²) in [5.41, 5.74) is 3.97. The first kappa shape index (κ1) is 25.8. The van der Waals surface area contributed by atoms with E-state index in [0.717, 1.165) is 21.6 Å². The molecule has 2 aromatic carbocycles. The summed E-state index contributed by atoms with van der Waals surface area (Å²) in [7, 11) is 1.47. The smallest absolute Gasteiger partial charge is 0.233 e. The highest BCUT2D eigenvalue weighted by molar-refractivity contribution is 6.05. The van der Waals surface area contributed by atoms with Gasteiger partial charge in [0.05, 0.1) is 24.5 Å². The van der Waals surface area contributed by atoms with Gasteiger partial charge in [-0.05, 0) is 60.1 Å². The van der Waals surface area contributed by atoms with E-state index in [0.29, 0.717) is 36.8 Å². The number of aliphatic hydroxyl groups is 2. The van der Waals surface area contributed by atoms with Gasteiger partial charge in [-0.15, -0.1) is 0 Å². The SMILES string of the molecule is CCC1=C([C@H](O)CC/C(=C/c2ccc(O)c(F)c2)c2ccccc2)[C@H](CO)[C@@H]2C(=O)N(C)C(=O)[C@@H]2C1. The van der Waals surface area contributed by atoms with Gasteiger partial charge in [0, 0.05) is 13.0 Å². The van der Waals surface area contributed by atoms with Crippen LogP contribution in [0.25, 0.3) is 11.6 Å². The number of rotatable bonds is 8. The molecule has 4 rings (SSSR count). The van der Waals surface area contributed by atoms with Crippen molar-refractivity contribution in [2.45, 2.75) is 38.7 Å². The summed E-state index contributed by atoms with van der Waals surface area (Å²) >= 11 is 0. The first-order valence-electron chi connectivity index (χ1n) is 12.3. The second-order valence-electron chi connectivity index (χ2n) is 9.57. The normalized spacial score (nSPS) is 23.3. The molecule has 0 aromatic heterocycles. The van der Waals surface area contributed by atoms with Crippen LogP contribution in [0.2, 0.25) is 0 Å². The molecule has 1 aliphatic carbocycles. The Kier molecular flexibility index (Phi) is 7.71. The minimum absolute atomic E-state index is 0.224. The van der Waals surface area contributed by atoms with Gasteiger partial charge >= 0.3 is 0 Å². The Balaban J connectivity index is 1.63. The molecule has 190 valence electrons. The number of halogens is 1. The van der Waals surface area contributed by atoms with Crippen LogP contribution in [-0.4, -0.2) is 51.8 Å². The molecule has 3 N–H and O–H groups in total. The maximum absolute atomic E-state index is 13.9. The fourth-order valence-corrected chi connectivity index (χ4v) is 5.67. The summed E-state index contributed by atoms with van der Waals surface area (Å²) in [4.78, 5) is 26.6. The molecule has 7 heteroatoms. The van der Waals surface area contributed by atoms with Crippen LogP contribution in [0, 0.1) is 23.6 Å². The highest BCUT2D eigenvalue weighted by Crippen LogP contribution is 2.46. The van der Waals surface area contributed by atoms with Crippen molar-refractivity contribution in [2.24, 2.45) is 17.8 Å². The number of fused-ring (bicyclic) bond motifs is 1. The Hall–Kier alpha value is -3.29. The van der Waals surface area contributed by atoms with E-state index in [1.54, 1.807) is 6.07 Å². The van der Waals surface area contributed by atoms with Crippen molar-refractivity contribution in [3.8, 4) is 5.75 Å². The predicted octanol–water partition coefficient (Wildman–Crippen LogP) is 4.16. The topological polar surface area (TPSA) is 98.1 Å². The first-order valence-corrected chi connectivity index (χ1v) is 12.3. The third-order valence-electron chi connectivity index (χ3n) is 7.53. The van der Waals surface area contributed by atoms with Crippen molar-refractivity contribution in [1.29, 1.82) is 0 Å². The molecule has 0 unspecified atom stereocenters. The summed E-state index contributed by atoms with van der Waals surface area (Å²) in [6.07, 6.45) is 2.72. The van der Waals surface area contributed by atoms with Gasteiger partial charge in [0.25, 0.3) is 0 Å². The minimum Gasteiger partial charge on any atom is -0.505 e. The van der Waals surface area contributed by atoms with Crippen molar-refractivity contribution >= 4 is 23.5 Å². The average molecular weight is 494 g/mol. The number of phenols is 1. The number of nitrogens with zero attached hydrogens (tertiary/aromatic N) is 1. The van der Waals surface area contributed by atoms with Gasteiger partial charge in [-0.2, -0.15) is 0 Å². The zero-order valence-corrected chi connectivity index (χ0v) is 20.5. The molecule has 2 aromatic rings. The number of imide groups is 1. The van der Waals surface area contributed by atoms with Crippen molar-refractivity contribution < 1.29 is 29.3 Å². The van der Waals surface area contributed by atoms with E-state index in [-0.39, 0.29) is 18.4 Å². The van der Waals surface area contributed by atoms with Crippen LogP contribution in [0.4, 0.5) is 4.39 Å². The van der Waals surface area contributed by atoms with Crippen molar-refractivity contribution in [1.82, 2.24) is 4.90 Å². The Bertz CT molecular complexity index is 1210. The first-order chi connectivity index (χ1) is 17.3. The molecule has 0 spiro atoms. The molecule has 0 saturated carbocycles. The Morgan fingerprint density at radius 1 is 1.17 bits per heavy atom. The number of aromatic hydroxyl groups is 1. The number of hydrogen-bond donors (Lipinski definition) is 3. The van der Waals surface area contributed by atoms with E-state index in [9.17, 15) is 29.3 Å². The lowest BCUT2D eigenvalue weighted by Gasteiger charge is -2.36. The van der Waals surface area contributed by atoms with Gasteiger partial charge in [-0.25, -0.2) is 4.39 Å². The van der Waals surface area contributed by atoms with Gasteiger partial charge in [0.15, 0.2) is 11.6 Å². The molecular formula is C29H32FNO5. The van der Waals surface area contributed by atoms with Crippen LogP contribution in [0.3, 0.4) is 0 Å². The van der Waals surface area contributed by atoms with E-state index in [1.165, 1.54) is 19.2 Å². The Labute approximate surface area is 210 Å². The fraction of sp³-hybridized carbons (Fsp3) is 0.379. The molecule has 1 aliphatic heterocycles. The lowest BCUT2D eigenvalue weighted by atomic mass is 9.67. The summed E-state index contributed by atoms with van der Waals surface area (Å²) in [6.45, 7) is 1.63. The summed E-state index contributed by atoms with van der Waals surface area (Å²) in [6, 6.07) is 13.8. The van der Waals surface area contributed by atoms with Crippen molar-refractivity contribution in [3.05, 3.63) is 76.6 Å². The van der Waals surface area contributed by atoms with E-state index < -0.39 is 35.4 Å². The lowest BCUT2D eigenvalue weighted by molar-refractivity contribution is -0.138. The van der Waals surface area contributed by atoms with Crippen molar-refractivity contribution in [2.75, 3.05) is 13.7 Å². The van der Waals surface area contributed by atoms with Crippen LogP contribution >= 0.6 is 0 Å². The molecule has 2 amide bonds. The van der Waals surface area contributed by atoms with Gasteiger partial charge < -0.3 is 15.3 Å². The van der Waals surface area contributed by atoms with E-state index in [2.05, 4.69) is 0 Å². The molecule has 0 bridgehead atoms. The predicted molar refractivity (Wildman–Crippen MR) is 135 cm³/mol. The number of benzene rings is 2. The van der Waals surface area contributed by atoms with E-state index in [1.807, 2.05) is 43.3 Å². The van der Waals surface area contributed by atoms with Crippen LogP contribution in [-0.2, 0) is 9.59 Å². The lowest BCUT2D eigenvalue weighted by Crippen LogP contribution is -2.38. The largest absolute Gasteiger partial charge is 0.505 e. The van der Waals surface area contributed by atoms with Crippen LogP contribution in [0.5, 0.6) is 5.75 Å². The number of aliphatic hydroxyl groups excluding tert-OH is 2. The number of carbonyl (C=O) groups excluding carboxylic acids is 2. The van der Waals surface area contributed by atoms with Crippen LogP contribution < -0.4 is 0 Å². The highest BCUT2D eigenvalue weighted by Gasteiger charge is 2.53. The number of likely N-dealkylation sites (tertiary alicyclic amines) is 1. The third kappa shape index (κ3) is 4.86. The summed E-state index contributed by atoms with van der Waals surface area (Å²) < 4.78 is 13.9. The number of allylic oxidation sites excluding steroid dienone is 2. The van der Waals surface area contributed by atoms with E-state index >= 15 is 0 Å². The summed E-state index contributed by atoms with van der Waals surface area (Å²) in [5, 5.41) is 31.1. The van der Waals surface area contributed by atoms with Gasteiger partial charge in [-0.3, -0.25) is 14.5 Å². The second kappa shape index (κ2) is 10.8. The minimum atomic E-state index is -0.907. The number of amides is 2. The van der Waals surface area contributed by atoms with Gasteiger partial charge in [-0.1, -0.05) is 55.0 Å². The molecule has 2 aliphatic rings. The maximum Gasteiger partial charge on any atom is 0.233 e. The molecule has 1 fully saturated rings. The number of hydrogen-bond acceptors (Lipinski definition) is 5. The van der Waals surface area contributed by atoms with Crippen LogP contribution in [0.15, 0.2) is 59.7 Å². The molecule has 6 nitrogen and oxygen atoms in total. The molecule has 36 heavy (non-hydrogen) atoms. The fourth-order valence-electron chi connectivity index (χ4n) is 5.67. The van der Waals surface area contributed by atoms with Crippen molar-refractivity contribution in [3.63, 3.8) is 0 Å². The van der Waals surface area contributed by atoms with Gasteiger partial charge in [0.2, 0.25) is 11.8 Å². The molecule has 1 heterocycles. The molecule has 4 atom stereocenters. The molecule has 1 saturated heterocycles. The van der Waals surface area contributed by atoms with E-state index in [4.69, 9.17) is 0 Å². The molecular weight excluding hydrogens is 461 g/mol. The number of carbonyl (C=O) groups is 2. The number of phenolic OH excluding ortho intramolecular Hbond substituents is 1. The maximum atomic E-state index is 13.9. The molecule has 0 radical (unpaired) electrons. The van der Waals surface area contributed by atoms with Crippen LogP contribution in [0.1, 0.15) is 43.7 Å². The Morgan fingerprint density at radius 2 is 1.89 bits per heavy atom. The zero-order chi connectivity index (χ0) is 26.0. The average Bonchev–Trinajstić information content (AvgIpc) is 3.11. The highest BCUT2D eigenvalue weighted by atomic mass is 19.1.